The Morgan fingerprint density at radius 1 is 1.04 bits per heavy atom. The molecule has 1 aliphatic heterocycles. The Morgan fingerprint density at radius 3 is 2.43 bits per heavy atom. The molecule has 1 heterocycles. The number of benzene rings is 1. The number of carbonyl (C=O) groups is 2. The van der Waals surface area contributed by atoms with E-state index in [2.05, 4.69) is 18.2 Å². The maximum Gasteiger partial charge on any atom is 0.409 e. The van der Waals surface area contributed by atoms with Crippen molar-refractivity contribution >= 4 is 12.1 Å². The van der Waals surface area contributed by atoms with E-state index >= 15 is 0 Å². The molecule has 1 amide bonds. The van der Waals surface area contributed by atoms with Gasteiger partial charge in [0.25, 0.3) is 0 Å². The fourth-order valence-corrected chi connectivity index (χ4v) is 2.81. The molecule has 5 nitrogen and oxygen atoms in total. The van der Waals surface area contributed by atoms with Crippen LogP contribution in [-0.4, -0.2) is 43.3 Å². The highest BCUT2D eigenvalue weighted by molar-refractivity contribution is 5.69. The van der Waals surface area contributed by atoms with Gasteiger partial charge in [0.2, 0.25) is 0 Å². The lowest BCUT2D eigenvalue weighted by molar-refractivity contribution is -0.143. The molecule has 0 atom stereocenters. The number of nitrogens with zero attached hydrogens (tertiary/aromatic N) is 1. The second-order valence-electron chi connectivity index (χ2n) is 5.59. The summed E-state index contributed by atoms with van der Waals surface area (Å²) in [5.74, 6) is -0.157. The smallest absolute Gasteiger partial charge is 0.409 e. The number of amides is 1. The minimum absolute atomic E-state index is 0.157. The van der Waals surface area contributed by atoms with Crippen LogP contribution < -0.4 is 0 Å². The van der Waals surface area contributed by atoms with Crippen molar-refractivity contribution in [2.24, 2.45) is 0 Å². The molecular weight excluding hydrogens is 294 g/mol. The first-order valence-electron chi connectivity index (χ1n) is 8.32. The SMILES string of the molecule is CCOC(=O)CCc1ccc2c(c1)CCN(C(=O)OCC)CC2. The number of ether oxygens (including phenoxy) is 2. The third kappa shape index (κ3) is 4.98. The lowest BCUT2D eigenvalue weighted by Crippen LogP contribution is -2.33. The average Bonchev–Trinajstić information content (AvgIpc) is 2.75. The van der Waals surface area contributed by atoms with Crippen molar-refractivity contribution in [2.75, 3.05) is 26.3 Å². The molecule has 1 aliphatic rings. The van der Waals surface area contributed by atoms with Gasteiger partial charge in [-0.2, -0.15) is 0 Å². The molecule has 126 valence electrons. The number of rotatable bonds is 5. The first kappa shape index (κ1) is 17.3. The molecule has 0 radical (unpaired) electrons. The fourth-order valence-electron chi connectivity index (χ4n) is 2.81. The third-order valence-electron chi connectivity index (χ3n) is 4.02. The first-order chi connectivity index (χ1) is 11.1. The van der Waals surface area contributed by atoms with Crippen LogP contribution in [0.3, 0.4) is 0 Å². The summed E-state index contributed by atoms with van der Waals surface area (Å²) in [6, 6.07) is 6.34. The number of fused-ring (bicyclic) bond motifs is 1. The standard InChI is InChI=1S/C18H25NO4/c1-3-22-17(20)8-6-14-5-7-15-9-11-19(18(21)23-4-2)12-10-16(15)13-14/h5,7,13H,3-4,6,8-12H2,1-2H3. The zero-order chi connectivity index (χ0) is 16.7. The molecule has 0 bridgehead atoms. The van der Waals surface area contributed by atoms with Crippen LogP contribution in [0.1, 0.15) is 37.0 Å². The molecule has 0 unspecified atom stereocenters. The molecule has 2 rings (SSSR count). The van der Waals surface area contributed by atoms with Gasteiger partial charge in [-0.25, -0.2) is 4.79 Å². The van der Waals surface area contributed by atoms with Crippen LogP contribution in [0.2, 0.25) is 0 Å². The largest absolute Gasteiger partial charge is 0.466 e. The molecule has 0 spiro atoms. The van der Waals surface area contributed by atoms with Gasteiger partial charge in [0.1, 0.15) is 0 Å². The van der Waals surface area contributed by atoms with Crippen molar-refractivity contribution in [3.05, 3.63) is 34.9 Å². The Morgan fingerprint density at radius 2 is 1.74 bits per heavy atom. The summed E-state index contributed by atoms with van der Waals surface area (Å²) in [6.07, 6.45) is 2.52. The van der Waals surface area contributed by atoms with E-state index in [4.69, 9.17) is 9.47 Å². The zero-order valence-corrected chi connectivity index (χ0v) is 14.0. The van der Waals surface area contributed by atoms with E-state index in [0.717, 1.165) is 18.4 Å². The van der Waals surface area contributed by atoms with Crippen LogP contribution in [0.15, 0.2) is 18.2 Å². The molecule has 5 heteroatoms. The monoisotopic (exact) mass is 319 g/mol. The van der Waals surface area contributed by atoms with Gasteiger partial charge >= 0.3 is 12.1 Å². The Kier molecular flexibility index (Phi) is 6.44. The van der Waals surface area contributed by atoms with Gasteiger partial charge in [-0.05, 0) is 49.8 Å². The van der Waals surface area contributed by atoms with Crippen LogP contribution in [0.4, 0.5) is 4.79 Å². The van der Waals surface area contributed by atoms with Crippen molar-refractivity contribution in [1.82, 2.24) is 4.90 Å². The van der Waals surface area contributed by atoms with Crippen LogP contribution in [0, 0.1) is 0 Å². The van der Waals surface area contributed by atoms with Gasteiger partial charge in [-0.15, -0.1) is 0 Å². The number of hydrogen-bond acceptors (Lipinski definition) is 4. The number of carbonyl (C=O) groups excluding carboxylic acids is 2. The predicted octanol–water partition coefficient (Wildman–Crippen LogP) is 2.74. The molecule has 1 aromatic rings. The van der Waals surface area contributed by atoms with E-state index in [1.807, 2.05) is 13.8 Å². The summed E-state index contributed by atoms with van der Waals surface area (Å²) >= 11 is 0. The van der Waals surface area contributed by atoms with Crippen LogP contribution in [0.5, 0.6) is 0 Å². The van der Waals surface area contributed by atoms with Crippen molar-refractivity contribution in [3.63, 3.8) is 0 Å². The molecule has 0 saturated carbocycles. The van der Waals surface area contributed by atoms with Gasteiger partial charge in [0, 0.05) is 19.5 Å². The van der Waals surface area contributed by atoms with E-state index in [0.29, 0.717) is 39.1 Å². The zero-order valence-electron chi connectivity index (χ0n) is 14.0. The molecule has 23 heavy (non-hydrogen) atoms. The van der Waals surface area contributed by atoms with E-state index in [-0.39, 0.29) is 12.1 Å². The maximum absolute atomic E-state index is 11.9. The van der Waals surface area contributed by atoms with Crippen LogP contribution >= 0.6 is 0 Å². The lowest BCUT2D eigenvalue weighted by atomic mass is 9.98. The highest BCUT2D eigenvalue weighted by atomic mass is 16.6. The molecule has 0 aromatic heterocycles. The molecule has 1 aromatic carbocycles. The Labute approximate surface area is 137 Å². The van der Waals surface area contributed by atoms with E-state index < -0.39 is 0 Å². The molecule has 0 fully saturated rings. The fraction of sp³-hybridized carbons (Fsp3) is 0.556. The van der Waals surface area contributed by atoms with Crippen molar-refractivity contribution in [1.29, 1.82) is 0 Å². The Hall–Kier alpha value is -2.04. The minimum Gasteiger partial charge on any atom is -0.466 e. The summed E-state index contributed by atoms with van der Waals surface area (Å²) in [6.45, 7) is 5.82. The van der Waals surface area contributed by atoms with E-state index in [9.17, 15) is 9.59 Å². The van der Waals surface area contributed by atoms with Gasteiger partial charge in [0.15, 0.2) is 0 Å². The van der Waals surface area contributed by atoms with Crippen molar-refractivity contribution in [3.8, 4) is 0 Å². The van der Waals surface area contributed by atoms with Crippen LogP contribution in [-0.2, 0) is 33.5 Å². The van der Waals surface area contributed by atoms with Crippen molar-refractivity contribution in [2.45, 2.75) is 39.5 Å². The molecular formula is C18H25NO4. The normalized spacial score (nSPS) is 13.9. The summed E-state index contributed by atoms with van der Waals surface area (Å²) in [4.78, 5) is 25.1. The van der Waals surface area contributed by atoms with Gasteiger partial charge in [-0.1, -0.05) is 18.2 Å². The number of hydrogen-bond donors (Lipinski definition) is 0. The Bertz CT molecular complexity index is 556. The van der Waals surface area contributed by atoms with Gasteiger partial charge in [0.05, 0.1) is 13.2 Å². The van der Waals surface area contributed by atoms with Gasteiger partial charge < -0.3 is 14.4 Å². The van der Waals surface area contributed by atoms with Gasteiger partial charge in [-0.3, -0.25) is 4.79 Å². The summed E-state index contributed by atoms with van der Waals surface area (Å²) in [5, 5.41) is 0. The Balaban J connectivity index is 1.97. The quantitative estimate of drug-likeness (QED) is 0.783. The highest BCUT2D eigenvalue weighted by Gasteiger charge is 2.19. The second kappa shape index (κ2) is 8.56. The molecule has 0 aliphatic carbocycles. The molecule has 0 N–H and O–H groups in total. The average molecular weight is 319 g/mol. The highest BCUT2D eigenvalue weighted by Crippen LogP contribution is 2.19. The van der Waals surface area contributed by atoms with E-state index in [1.54, 1.807) is 4.90 Å². The lowest BCUT2D eigenvalue weighted by Gasteiger charge is -2.18. The van der Waals surface area contributed by atoms with Crippen LogP contribution in [0.25, 0.3) is 0 Å². The summed E-state index contributed by atoms with van der Waals surface area (Å²) < 4.78 is 10.0. The number of aryl methyl sites for hydroxylation is 1. The summed E-state index contributed by atoms with van der Waals surface area (Å²) in [5.41, 5.74) is 3.68. The minimum atomic E-state index is -0.233. The molecule has 0 saturated heterocycles. The summed E-state index contributed by atoms with van der Waals surface area (Å²) in [7, 11) is 0. The van der Waals surface area contributed by atoms with E-state index in [1.165, 1.54) is 11.1 Å². The second-order valence-corrected chi connectivity index (χ2v) is 5.59. The predicted molar refractivity (Wildman–Crippen MR) is 87.4 cm³/mol. The van der Waals surface area contributed by atoms with Crippen molar-refractivity contribution < 1.29 is 19.1 Å². The number of esters is 1. The third-order valence-corrected chi connectivity index (χ3v) is 4.02. The first-order valence-corrected chi connectivity index (χ1v) is 8.32. The maximum atomic E-state index is 11.9. The topological polar surface area (TPSA) is 55.8 Å².